The van der Waals surface area contributed by atoms with E-state index in [1.165, 1.54) is 16.4 Å². The highest BCUT2D eigenvalue weighted by Crippen LogP contribution is 2.30. The van der Waals surface area contributed by atoms with Gasteiger partial charge < -0.3 is 10.1 Å². The molecule has 0 aromatic heterocycles. The Hall–Kier alpha value is -2.75. The fourth-order valence-electron chi connectivity index (χ4n) is 3.73. The number of ether oxygens (including phenoxy) is 1. The van der Waals surface area contributed by atoms with Crippen LogP contribution in [0, 0.1) is 0 Å². The van der Waals surface area contributed by atoms with Gasteiger partial charge in [0.05, 0.1) is 24.7 Å². The van der Waals surface area contributed by atoms with E-state index in [0.29, 0.717) is 37.4 Å². The van der Waals surface area contributed by atoms with Crippen molar-refractivity contribution in [1.29, 1.82) is 0 Å². The van der Waals surface area contributed by atoms with Crippen molar-refractivity contribution in [2.75, 3.05) is 26.3 Å². The van der Waals surface area contributed by atoms with Crippen molar-refractivity contribution in [3.63, 3.8) is 0 Å². The molecule has 2 heterocycles. The van der Waals surface area contributed by atoms with Gasteiger partial charge in [0.15, 0.2) is 0 Å². The van der Waals surface area contributed by atoms with Crippen molar-refractivity contribution in [2.24, 2.45) is 0 Å². The van der Waals surface area contributed by atoms with Crippen LogP contribution in [0.1, 0.15) is 18.1 Å². The molecule has 1 atom stereocenters. The summed E-state index contributed by atoms with van der Waals surface area (Å²) in [6.07, 6.45) is 0. The predicted molar refractivity (Wildman–Crippen MR) is 109 cm³/mol. The molecule has 1 N–H and O–H groups in total. The van der Waals surface area contributed by atoms with Gasteiger partial charge in [-0.3, -0.25) is 9.69 Å². The number of carbonyl (C=O) groups is 2. The largest absolute Gasteiger partial charge is 0.379 e. The molecule has 0 unspecified atom stereocenters. The van der Waals surface area contributed by atoms with E-state index in [1.54, 1.807) is 31.2 Å². The van der Waals surface area contributed by atoms with E-state index in [0.717, 1.165) is 4.90 Å². The summed E-state index contributed by atoms with van der Waals surface area (Å²) in [5.74, 6) is -0.375. The summed E-state index contributed by atoms with van der Waals surface area (Å²) in [6, 6.07) is 14.9. The first-order valence-corrected chi connectivity index (χ1v) is 11.1. The molecule has 158 valence electrons. The van der Waals surface area contributed by atoms with Crippen LogP contribution < -0.4 is 5.32 Å². The maximum absolute atomic E-state index is 13.1. The maximum atomic E-state index is 13.1. The molecule has 2 aromatic rings. The Morgan fingerprint density at radius 2 is 1.73 bits per heavy atom. The summed E-state index contributed by atoms with van der Waals surface area (Å²) >= 11 is 0. The van der Waals surface area contributed by atoms with Crippen LogP contribution in [0.2, 0.25) is 0 Å². The summed E-state index contributed by atoms with van der Waals surface area (Å²) in [5.41, 5.74) is 0.0928. The Labute approximate surface area is 175 Å². The minimum absolute atomic E-state index is 0.0143. The fraction of sp³-hybridized carbons (Fsp3) is 0.333. The van der Waals surface area contributed by atoms with Crippen molar-refractivity contribution in [1.82, 2.24) is 14.5 Å². The van der Waals surface area contributed by atoms with Gasteiger partial charge in [-0.1, -0.05) is 42.5 Å². The number of nitrogens with zero attached hydrogens (tertiary/aromatic N) is 2. The number of nitrogens with one attached hydrogen (secondary N) is 1. The van der Waals surface area contributed by atoms with Crippen molar-refractivity contribution in [2.45, 2.75) is 23.9 Å². The molecule has 0 radical (unpaired) electrons. The topological polar surface area (TPSA) is 96.0 Å². The quantitative estimate of drug-likeness (QED) is 0.730. The molecular formula is C21H23N3O5S. The second-order valence-corrected chi connectivity index (χ2v) is 9.41. The molecule has 2 fully saturated rings. The SMILES string of the molecule is C[C@@]1(c2ccccc2)NC(=O)N(Cc2cccc(S(=O)(=O)N3CCOCC3)c2)C1=O. The zero-order chi connectivity index (χ0) is 21.4. The molecular weight excluding hydrogens is 406 g/mol. The number of sulfonamides is 1. The number of carbonyl (C=O) groups excluding carboxylic acids is 2. The van der Waals surface area contributed by atoms with E-state index in [4.69, 9.17) is 4.74 Å². The van der Waals surface area contributed by atoms with Crippen molar-refractivity contribution in [3.05, 3.63) is 65.7 Å². The summed E-state index contributed by atoms with van der Waals surface area (Å²) < 4.78 is 32.4. The summed E-state index contributed by atoms with van der Waals surface area (Å²) in [7, 11) is -3.66. The van der Waals surface area contributed by atoms with Gasteiger partial charge in [0.1, 0.15) is 5.54 Å². The van der Waals surface area contributed by atoms with Gasteiger partial charge in [-0.15, -0.1) is 0 Å². The molecule has 30 heavy (non-hydrogen) atoms. The molecule has 2 aliphatic heterocycles. The number of hydrogen-bond acceptors (Lipinski definition) is 5. The molecule has 8 nitrogen and oxygen atoms in total. The maximum Gasteiger partial charge on any atom is 0.325 e. The van der Waals surface area contributed by atoms with Gasteiger partial charge in [-0.05, 0) is 30.2 Å². The highest BCUT2D eigenvalue weighted by Gasteiger charge is 2.48. The van der Waals surface area contributed by atoms with Crippen molar-refractivity contribution in [3.8, 4) is 0 Å². The monoisotopic (exact) mass is 429 g/mol. The molecule has 0 spiro atoms. The minimum Gasteiger partial charge on any atom is -0.379 e. The second-order valence-electron chi connectivity index (χ2n) is 7.48. The van der Waals surface area contributed by atoms with Crippen LogP contribution in [-0.4, -0.2) is 55.9 Å². The van der Waals surface area contributed by atoms with Gasteiger partial charge in [0, 0.05) is 13.1 Å². The van der Waals surface area contributed by atoms with E-state index in [2.05, 4.69) is 5.32 Å². The molecule has 2 aliphatic rings. The lowest BCUT2D eigenvalue weighted by molar-refractivity contribution is -0.131. The number of urea groups is 1. The number of imide groups is 1. The third-order valence-electron chi connectivity index (χ3n) is 5.47. The lowest BCUT2D eigenvalue weighted by Gasteiger charge is -2.26. The second kappa shape index (κ2) is 7.82. The highest BCUT2D eigenvalue weighted by molar-refractivity contribution is 7.89. The fourth-order valence-corrected chi connectivity index (χ4v) is 5.21. The molecule has 2 aromatic carbocycles. The number of hydrogen-bond donors (Lipinski definition) is 1. The predicted octanol–water partition coefficient (Wildman–Crippen LogP) is 1.67. The number of morpholine rings is 1. The summed E-state index contributed by atoms with van der Waals surface area (Å²) in [5, 5.41) is 2.76. The van der Waals surface area contributed by atoms with Crippen LogP contribution in [-0.2, 0) is 31.6 Å². The number of rotatable bonds is 5. The van der Waals surface area contributed by atoms with E-state index in [-0.39, 0.29) is 17.3 Å². The van der Waals surface area contributed by atoms with Gasteiger partial charge in [-0.25, -0.2) is 13.2 Å². The lowest BCUT2D eigenvalue weighted by atomic mass is 9.92. The number of amides is 3. The molecule has 0 bridgehead atoms. The summed E-state index contributed by atoms with van der Waals surface area (Å²) in [4.78, 5) is 26.9. The first-order valence-electron chi connectivity index (χ1n) is 9.69. The smallest absolute Gasteiger partial charge is 0.325 e. The van der Waals surface area contributed by atoms with Crippen LogP contribution in [0.5, 0.6) is 0 Å². The van der Waals surface area contributed by atoms with Gasteiger partial charge in [0.25, 0.3) is 5.91 Å². The molecule has 0 saturated carbocycles. The molecule has 4 rings (SSSR count). The van der Waals surface area contributed by atoms with Crippen molar-refractivity contribution >= 4 is 22.0 Å². The van der Waals surface area contributed by atoms with Crippen LogP contribution >= 0.6 is 0 Å². The average molecular weight is 429 g/mol. The third kappa shape index (κ3) is 3.60. The normalized spacial score (nSPS) is 22.9. The molecule has 9 heteroatoms. The van der Waals surface area contributed by atoms with Crippen LogP contribution in [0.4, 0.5) is 4.79 Å². The van der Waals surface area contributed by atoms with Crippen LogP contribution in [0.15, 0.2) is 59.5 Å². The van der Waals surface area contributed by atoms with Gasteiger partial charge >= 0.3 is 6.03 Å². The first kappa shape index (κ1) is 20.5. The molecule has 2 saturated heterocycles. The van der Waals surface area contributed by atoms with E-state index >= 15 is 0 Å². The lowest BCUT2D eigenvalue weighted by Crippen LogP contribution is -2.41. The highest BCUT2D eigenvalue weighted by atomic mass is 32.2. The Balaban J connectivity index is 1.57. The van der Waals surface area contributed by atoms with Crippen LogP contribution in [0.3, 0.4) is 0 Å². The average Bonchev–Trinajstić information content (AvgIpc) is 2.99. The van der Waals surface area contributed by atoms with E-state index in [1.807, 2.05) is 18.2 Å². The molecule has 0 aliphatic carbocycles. The van der Waals surface area contributed by atoms with E-state index in [9.17, 15) is 18.0 Å². The van der Waals surface area contributed by atoms with Gasteiger partial charge in [0.2, 0.25) is 10.0 Å². The zero-order valence-corrected chi connectivity index (χ0v) is 17.4. The molecule has 3 amide bonds. The third-order valence-corrected chi connectivity index (χ3v) is 7.37. The number of benzene rings is 2. The Kier molecular flexibility index (Phi) is 5.35. The zero-order valence-electron chi connectivity index (χ0n) is 16.6. The van der Waals surface area contributed by atoms with Gasteiger partial charge in [-0.2, -0.15) is 4.31 Å². The van der Waals surface area contributed by atoms with E-state index < -0.39 is 21.6 Å². The summed E-state index contributed by atoms with van der Waals surface area (Å²) in [6.45, 7) is 2.98. The minimum atomic E-state index is -3.66. The standard InChI is InChI=1S/C21H23N3O5S/c1-21(17-7-3-2-4-8-17)19(25)24(20(26)22-21)15-16-6-5-9-18(14-16)30(27,28)23-10-12-29-13-11-23/h2-9,14H,10-13,15H2,1H3,(H,22,26)/t21-/m0/s1. The Bertz CT molecular complexity index is 1070. The van der Waals surface area contributed by atoms with Crippen LogP contribution in [0.25, 0.3) is 0 Å². The first-order chi connectivity index (χ1) is 14.3. The Morgan fingerprint density at radius 3 is 2.43 bits per heavy atom. The van der Waals surface area contributed by atoms with Crippen molar-refractivity contribution < 1.29 is 22.7 Å². The Morgan fingerprint density at radius 1 is 1.03 bits per heavy atom.